The van der Waals surface area contributed by atoms with Crippen LogP contribution in [0.2, 0.25) is 10.0 Å². The normalized spacial score (nSPS) is 14.0. The molecule has 10 heteroatoms. The lowest BCUT2D eigenvalue weighted by molar-refractivity contribution is -0.122. The first-order chi connectivity index (χ1) is 21.2. The Balaban J connectivity index is 1.35. The molecule has 0 spiro atoms. The molecule has 1 N–H and O–H groups in total. The molecule has 8 nitrogen and oxygen atoms in total. The first-order valence-corrected chi connectivity index (χ1v) is 14.5. The van der Waals surface area contributed by atoms with Crippen LogP contribution < -0.4 is 24.4 Å². The van der Waals surface area contributed by atoms with E-state index in [2.05, 4.69) is 5.32 Å². The van der Waals surface area contributed by atoms with Crippen LogP contribution in [0, 0.1) is 6.92 Å². The van der Waals surface area contributed by atoms with Gasteiger partial charge in [-0.3, -0.25) is 14.9 Å². The van der Waals surface area contributed by atoms with E-state index in [-0.39, 0.29) is 22.9 Å². The van der Waals surface area contributed by atoms with E-state index < -0.39 is 17.8 Å². The van der Waals surface area contributed by atoms with Gasteiger partial charge in [-0.25, -0.2) is 9.69 Å². The zero-order chi connectivity index (χ0) is 31.2. The Morgan fingerprint density at radius 2 is 1.55 bits per heavy atom. The number of anilines is 1. The Morgan fingerprint density at radius 3 is 2.25 bits per heavy atom. The lowest BCUT2D eigenvalue weighted by atomic mass is 10.1. The van der Waals surface area contributed by atoms with Gasteiger partial charge in [0.25, 0.3) is 11.8 Å². The van der Waals surface area contributed by atoms with Gasteiger partial charge in [-0.1, -0.05) is 65.2 Å². The molecule has 0 unspecified atom stereocenters. The number of urea groups is 1. The number of hydrogen-bond acceptors (Lipinski definition) is 6. The Morgan fingerprint density at radius 1 is 0.818 bits per heavy atom. The summed E-state index contributed by atoms with van der Waals surface area (Å²) in [7, 11) is 0. The van der Waals surface area contributed by atoms with Crippen molar-refractivity contribution in [3.05, 3.63) is 123 Å². The van der Waals surface area contributed by atoms with Crippen molar-refractivity contribution in [3.63, 3.8) is 0 Å². The predicted molar refractivity (Wildman–Crippen MR) is 169 cm³/mol. The highest BCUT2D eigenvalue weighted by molar-refractivity contribution is 6.39. The van der Waals surface area contributed by atoms with Crippen LogP contribution in [0.15, 0.2) is 90.5 Å². The smallest absolute Gasteiger partial charge is 0.335 e. The molecule has 4 aromatic rings. The van der Waals surface area contributed by atoms with Crippen LogP contribution in [0.4, 0.5) is 10.5 Å². The minimum atomic E-state index is -0.858. The molecule has 1 heterocycles. The molecule has 5 rings (SSSR count). The Kier molecular flexibility index (Phi) is 9.53. The quantitative estimate of drug-likeness (QED) is 0.144. The summed E-state index contributed by atoms with van der Waals surface area (Å²) < 4.78 is 17.5. The number of amides is 4. The van der Waals surface area contributed by atoms with Crippen LogP contribution in [0.1, 0.15) is 29.2 Å². The number of ether oxygens (including phenoxy) is 3. The number of carbonyl (C=O) groups excluding carboxylic acids is 3. The molecule has 4 aromatic carbocycles. The van der Waals surface area contributed by atoms with Crippen molar-refractivity contribution in [1.29, 1.82) is 0 Å². The second-order valence-electron chi connectivity index (χ2n) is 9.91. The van der Waals surface area contributed by atoms with Crippen molar-refractivity contribution in [3.8, 4) is 17.2 Å². The Bertz CT molecular complexity index is 1740. The average Bonchev–Trinajstić information content (AvgIpc) is 2.99. The second kappa shape index (κ2) is 13.7. The summed E-state index contributed by atoms with van der Waals surface area (Å²) in [5.74, 6) is -0.433. The van der Waals surface area contributed by atoms with Crippen molar-refractivity contribution in [2.45, 2.75) is 27.1 Å². The lowest BCUT2D eigenvalue weighted by Gasteiger charge is -2.26. The van der Waals surface area contributed by atoms with Crippen LogP contribution in [-0.2, 0) is 22.8 Å². The van der Waals surface area contributed by atoms with Gasteiger partial charge < -0.3 is 14.2 Å². The summed E-state index contributed by atoms with van der Waals surface area (Å²) in [5.41, 5.74) is 3.42. The fourth-order valence-electron chi connectivity index (χ4n) is 4.46. The average molecular weight is 632 g/mol. The predicted octanol–water partition coefficient (Wildman–Crippen LogP) is 7.52. The van der Waals surface area contributed by atoms with Gasteiger partial charge in [0.1, 0.15) is 24.5 Å². The lowest BCUT2D eigenvalue weighted by Crippen LogP contribution is -2.54. The minimum Gasteiger partial charge on any atom is -0.490 e. The summed E-state index contributed by atoms with van der Waals surface area (Å²) in [6.45, 7) is 4.69. The third-order valence-electron chi connectivity index (χ3n) is 6.64. The summed E-state index contributed by atoms with van der Waals surface area (Å²) in [6, 6.07) is 24.0. The summed E-state index contributed by atoms with van der Waals surface area (Å²) >= 11 is 12.6. The highest BCUT2D eigenvalue weighted by Crippen LogP contribution is 2.38. The zero-order valence-electron chi connectivity index (χ0n) is 23.9. The SMILES string of the molecule is CCOc1cc(/C=C2\C(=O)NC(=O)N(c3ccc(OCc4ccc(C)cc4)cc3)C2=O)cc(Cl)c1OCc1cccc(Cl)c1. The van der Waals surface area contributed by atoms with Gasteiger partial charge in [0.05, 0.1) is 17.3 Å². The molecule has 0 aromatic heterocycles. The Hall–Kier alpha value is -4.79. The number of nitrogens with one attached hydrogen (secondary N) is 1. The number of imide groups is 2. The molecule has 0 radical (unpaired) electrons. The summed E-state index contributed by atoms with van der Waals surface area (Å²) in [4.78, 5) is 39.9. The molecular weight excluding hydrogens is 603 g/mol. The van der Waals surface area contributed by atoms with Crippen molar-refractivity contribution >= 4 is 52.8 Å². The zero-order valence-corrected chi connectivity index (χ0v) is 25.4. The van der Waals surface area contributed by atoms with Gasteiger partial charge in [-0.15, -0.1) is 0 Å². The fraction of sp³-hybridized carbons (Fsp3) is 0.147. The molecule has 0 atom stereocenters. The van der Waals surface area contributed by atoms with Crippen LogP contribution in [0.3, 0.4) is 0 Å². The van der Waals surface area contributed by atoms with Crippen LogP contribution in [-0.4, -0.2) is 24.5 Å². The molecular formula is C34H28Cl2N2O6. The molecule has 0 saturated carbocycles. The topological polar surface area (TPSA) is 94.2 Å². The maximum Gasteiger partial charge on any atom is 0.335 e. The number of benzene rings is 4. The molecule has 1 aliphatic heterocycles. The molecule has 1 saturated heterocycles. The molecule has 1 aliphatic rings. The number of aryl methyl sites for hydroxylation is 1. The third-order valence-corrected chi connectivity index (χ3v) is 7.15. The number of nitrogens with zero attached hydrogens (tertiary/aromatic N) is 1. The minimum absolute atomic E-state index is 0.189. The van der Waals surface area contributed by atoms with Crippen LogP contribution in [0.25, 0.3) is 6.08 Å². The number of rotatable bonds is 10. The van der Waals surface area contributed by atoms with Crippen molar-refractivity contribution in [1.82, 2.24) is 5.32 Å². The standard InChI is InChI=1S/C34H28Cl2N2O6/c1-3-42-30-18-24(17-29(36)31(30)44-20-23-5-4-6-25(35)15-23)16-28-32(39)37-34(41)38(33(28)40)26-11-13-27(14-12-26)43-19-22-9-7-21(2)8-10-22/h4-18H,3,19-20H2,1-2H3,(H,37,39,41)/b28-16+. The largest absolute Gasteiger partial charge is 0.490 e. The molecule has 0 bridgehead atoms. The Labute approximate surface area is 264 Å². The van der Waals surface area contributed by atoms with E-state index in [1.807, 2.05) is 43.3 Å². The maximum atomic E-state index is 13.5. The fourth-order valence-corrected chi connectivity index (χ4v) is 4.94. The van der Waals surface area contributed by atoms with Crippen LogP contribution >= 0.6 is 23.2 Å². The van der Waals surface area contributed by atoms with E-state index >= 15 is 0 Å². The van der Waals surface area contributed by atoms with E-state index in [1.165, 1.54) is 6.08 Å². The van der Waals surface area contributed by atoms with Gasteiger partial charge in [-0.05, 0) is 85.1 Å². The first-order valence-electron chi connectivity index (χ1n) is 13.7. The van der Waals surface area contributed by atoms with E-state index in [0.717, 1.165) is 21.6 Å². The third kappa shape index (κ3) is 7.22. The van der Waals surface area contributed by atoms with Crippen molar-refractivity contribution < 1.29 is 28.6 Å². The monoisotopic (exact) mass is 630 g/mol. The highest BCUT2D eigenvalue weighted by Gasteiger charge is 2.37. The van der Waals surface area contributed by atoms with Crippen LogP contribution in [0.5, 0.6) is 17.2 Å². The number of halogens is 2. The van der Waals surface area contributed by atoms with Crippen molar-refractivity contribution in [2.24, 2.45) is 0 Å². The maximum absolute atomic E-state index is 13.5. The number of carbonyl (C=O) groups is 3. The second-order valence-corrected chi connectivity index (χ2v) is 10.8. The molecule has 0 aliphatic carbocycles. The van der Waals surface area contributed by atoms with E-state index in [0.29, 0.717) is 41.0 Å². The molecule has 224 valence electrons. The first kappa shape index (κ1) is 30.7. The highest BCUT2D eigenvalue weighted by atomic mass is 35.5. The molecule has 1 fully saturated rings. The summed E-state index contributed by atoms with van der Waals surface area (Å²) in [6.07, 6.45) is 1.35. The number of barbiturate groups is 1. The van der Waals surface area contributed by atoms with Gasteiger partial charge >= 0.3 is 6.03 Å². The molecule has 44 heavy (non-hydrogen) atoms. The van der Waals surface area contributed by atoms with Gasteiger partial charge in [0.15, 0.2) is 11.5 Å². The van der Waals surface area contributed by atoms with Gasteiger partial charge in [-0.2, -0.15) is 0 Å². The number of hydrogen-bond donors (Lipinski definition) is 1. The summed E-state index contributed by atoms with van der Waals surface area (Å²) in [5, 5.41) is 3.02. The molecule has 4 amide bonds. The van der Waals surface area contributed by atoms with E-state index in [9.17, 15) is 14.4 Å². The van der Waals surface area contributed by atoms with Crippen molar-refractivity contribution in [2.75, 3.05) is 11.5 Å². The van der Waals surface area contributed by atoms with E-state index in [1.54, 1.807) is 55.5 Å². The van der Waals surface area contributed by atoms with Gasteiger partial charge in [0, 0.05) is 5.02 Å². The van der Waals surface area contributed by atoms with Gasteiger partial charge in [0.2, 0.25) is 0 Å². The van der Waals surface area contributed by atoms with E-state index in [4.69, 9.17) is 37.4 Å².